The molecule has 27 heavy (non-hydrogen) atoms. The molecule has 0 radical (unpaired) electrons. The summed E-state index contributed by atoms with van der Waals surface area (Å²) in [5, 5.41) is 0.654. The number of amides is 1. The number of nitrogens with zero attached hydrogens (tertiary/aromatic N) is 2. The first-order valence-corrected chi connectivity index (χ1v) is 9.12. The summed E-state index contributed by atoms with van der Waals surface area (Å²) in [6.07, 6.45) is 3.35. The van der Waals surface area contributed by atoms with E-state index in [1.807, 2.05) is 6.07 Å². The minimum absolute atomic E-state index is 0.0705. The minimum Gasteiger partial charge on any atom is -0.495 e. The Hall–Kier alpha value is -2.73. The van der Waals surface area contributed by atoms with E-state index in [0.717, 1.165) is 24.1 Å². The van der Waals surface area contributed by atoms with Gasteiger partial charge >= 0.3 is 0 Å². The predicted molar refractivity (Wildman–Crippen MR) is 101 cm³/mol. The minimum atomic E-state index is -0.0705. The molecule has 0 fully saturated rings. The van der Waals surface area contributed by atoms with Crippen LogP contribution in [0.3, 0.4) is 0 Å². The molecular formula is C20H19ClN2O4. The van der Waals surface area contributed by atoms with Gasteiger partial charge in [0.05, 0.1) is 31.2 Å². The van der Waals surface area contributed by atoms with Crippen molar-refractivity contribution in [1.29, 1.82) is 0 Å². The fourth-order valence-electron chi connectivity index (χ4n) is 3.40. The first kappa shape index (κ1) is 17.7. The highest BCUT2D eigenvalue weighted by Gasteiger charge is 2.29. The zero-order valence-electron chi connectivity index (χ0n) is 15.1. The topological polar surface area (TPSA) is 68.7 Å². The standard InChI is InChI=1S/C20H19ClN2O4/c1-12-15(22-20(27-12)17-6-4-10-26-17)11-18(24)23-9-3-5-13-14(21)7-8-16(25-2)19(13)23/h4,6-8,10H,3,5,9,11H2,1-2H3. The molecule has 7 heteroatoms. The molecule has 6 nitrogen and oxygen atoms in total. The highest BCUT2D eigenvalue weighted by atomic mass is 35.5. The number of rotatable bonds is 4. The third-order valence-electron chi connectivity index (χ3n) is 4.73. The SMILES string of the molecule is COc1ccc(Cl)c2c1N(C(=O)Cc1nc(-c3ccco3)oc1C)CCC2. The van der Waals surface area contributed by atoms with Crippen molar-refractivity contribution in [3.63, 3.8) is 0 Å². The number of benzene rings is 1. The van der Waals surface area contributed by atoms with Crippen molar-refractivity contribution >= 4 is 23.2 Å². The molecule has 1 aliphatic rings. The maximum Gasteiger partial charge on any atom is 0.263 e. The van der Waals surface area contributed by atoms with Gasteiger partial charge in [0.2, 0.25) is 5.91 Å². The number of halogens is 1. The van der Waals surface area contributed by atoms with Crippen LogP contribution in [0.1, 0.15) is 23.4 Å². The Morgan fingerprint density at radius 2 is 2.22 bits per heavy atom. The highest BCUT2D eigenvalue weighted by Crippen LogP contribution is 2.40. The molecule has 0 N–H and O–H groups in total. The number of aryl methyl sites for hydroxylation is 1. The molecule has 4 rings (SSSR count). The lowest BCUT2D eigenvalue weighted by atomic mass is 10.00. The summed E-state index contributed by atoms with van der Waals surface area (Å²) in [6.45, 7) is 2.41. The molecule has 0 saturated carbocycles. The van der Waals surface area contributed by atoms with Crippen LogP contribution in [0.2, 0.25) is 5.02 Å². The Balaban J connectivity index is 1.63. The van der Waals surface area contributed by atoms with Crippen molar-refractivity contribution in [2.24, 2.45) is 0 Å². The first-order chi connectivity index (χ1) is 13.1. The summed E-state index contributed by atoms with van der Waals surface area (Å²) in [5.74, 6) is 2.09. The van der Waals surface area contributed by atoms with Crippen LogP contribution in [0.25, 0.3) is 11.7 Å². The second-order valence-electron chi connectivity index (χ2n) is 6.40. The second kappa shape index (κ2) is 7.12. The molecule has 1 amide bonds. The summed E-state index contributed by atoms with van der Waals surface area (Å²) in [5.41, 5.74) is 2.30. The van der Waals surface area contributed by atoms with E-state index in [2.05, 4.69) is 4.98 Å². The Labute approximate surface area is 161 Å². The third kappa shape index (κ3) is 3.21. The average Bonchev–Trinajstić information content (AvgIpc) is 3.32. The normalized spacial score (nSPS) is 13.5. The monoisotopic (exact) mass is 386 g/mol. The van der Waals surface area contributed by atoms with Gasteiger partial charge in [-0.2, -0.15) is 0 Å². The van der Waals surface area contributed by atoms with Gasteiger partial charge in [-0.25, -0.2) is 4.98 Å². The number of carbonyl (C=O) groups is 1. The summed E-state index contributed by atoms with van der Waals surface area (Å²) < 4.78 is 16.5. The van der Waals surface area contributed by atoms with Crippen molar-refractivity contribution in [2.75, 3.05) is 18.6 Å². The lowest BCUT2D eigenvalue weighted by molar-refractivity contribution is -0.118. The van der Waals surface area contributed by atoms with Crippen LogP contribution in [0.15, 0.2) is 39.4 Å². The molecule has 1 aromatic carbocycles. The molecule has 0 unspecified atom stereocenters. The lowest BCUT2D eigenvalue weighted by Crippen LogP contribution is -2.37. The molecular weight excluding hydrogens is 368 g/mol. The molecule has 0 aliphatic carbocycles. The number of ether oxygens (including phenoxy) is 1. The van der Waals surface area contributed by atoms with Crippen LogP contribution in [-0.4, -0.2) is 24.5 Å². The van der Waals surface area contributed by atoms with E-state index < -0.39 is 0 Å². The van der Waals surface area contributed by atoms with Crippen LogP contribution in [0.5, 0.6) is 5.75 Å². The second-order valence-corrected chi connectivity index (χ2v) is 6.81. The van der Waals surface area contributed by atoms with Crippen molar-refractivity contribution in [3.05, 3.63) is 52.6 Å². The number of hydrogen-bond donors (Lipinski definition) is 0. The van der Waals surface area contributed by atoms with E-state index in [0.29, 0.717) is 40.4 Å². The van der Waals surface area contributed by atoms with Crippen molar-refractivity contribution < 1.29 is 18.4 Å². The number of fused-ring (bicyclic) bond motifs is 1. The van der Waals surface area contributed by atoms with Crippen molar-refractivity contribution in [1.82, 2.24) is 4.98 Å². The van der Waals surface area contributed by atoms with E-state index in [9.17, 15) is 4.79 Å². The molecule has 3 aromatic rings. The fraction of sp³-hybridized carbons (Fsp3) is 0.300. The molecule has 2 aromatic heterocycles. The number of methoxy groups -OCH3 is 1. The molecule has 0 spiro atoms. The predicted octanol–water partition coefficient (Wildman–Crippen LogP) is 4.43. The van der Waals surface area contributed by atoms with Gasteiger partial charge in [0, 0.05) is 11.6 Å². The van der Waals surface area contributed by atoms with Crippen molar-refractivity contribution in [3.8, 4) is 17.4 Å². The zero-order chi connectivity index (χ0) is 19.0. The first-order valence-electron chi connectivity index (χ1n) is 8.74. The van der Waals surface area contributed by atoms with E-state index in [1.54, 1.807) is 43.4 Å². The maximum absolute atomic E-state index is 13.1. The van der Waals surface area contributed by atoms with Gasteiger partial charge in [0.1, 0.15) is 11.5 Å². The van der Waals surface area contributed by atoms with E-state index in [4.69, 9.17) is 25.2 Å². The number of oxazole rings is 1. The van der Waals surface area contributed by atoms with Gasteiger partial charge in [-0.1, -0.05) is 11.6 Å². The number of aromatic nitrogens is 1. The Morgan fingerprint density at radius 1 is 1.37 bits per heavy atom. The maximum atomic E-state index is 13.1. The van der Waals surface area contributed by atoms with E-state index >= 15 is 0 Å². The summed E-state index contributed by atoms with van der Waals surface area (Å²) in [4.78, 5) is 19.3. The molecule has 3 heterocycles. The summed E-state index contributed by atoms with van der Waals surface area (Å²) >= 11 is 6.36. The quantitative estimate of drug-likeness (QED) is 0.663. The molecule has 1 aliphatic heterocycles. The van der Waals surface area contributed by atoms with Crippen LogP contribution in [-0.2, 0) is 17.6 Å². The number of anilines is 1. The number of carbonyl (C=O) groups excluding carboxylic acids is 1. The third-order valence-corrected chi connectivity index (χ3v) is 5.09. The van der Waals surface area contributed by atoms with Gasteiger partial charge in [-0.05, 0) is 49.6 Å². The molecule has 0 atom stereocenters. The summed E-state index contributed by atoms with van der Waals surface area (Å²) in [6, 6.07) is 7.14. The van der Waals surface area contributed by atoms with Crippen LogP contribution < -0.4 is 9.64 Å². The zero-order valence-corrected chi connectivity index (χ0v) is 15.9. The van der Waals surface area contributed by atoms with Gasteiger partial charge in [0.15, 0.2) is 5.76 Å². The lowest BCUT2D eigenvalue weighted by Gasteiger charge is -2.31. The van der Waals surface area contributed by atoms with Gasteiger partial charge in [-0.3, -0.25) is 4.79 Å². The average molecular weight is 387 g/mol. The van der Waals surface area contributed by atoms with Gasteiger partial charge in [-0.15, -0.1) is 0 Å². The smallest absolute Gasteiger partial charge is 0.263 e. The Bertz CT molecular complexity index is 978. The molecule has 0 bridgehead atoms. The van der Waals surface area contributed by atoms with Crippen LogP contribution >= 0.6 is 11.6 Å². The highest BCUT2D eigenvalue weighted by molar-refractivity contribution is 6.32. The summed E-state index contributed by atoms with van der Waals surface area (Å²) in [7, 11) is 1.60. The largest absolute Gasteiger partial charge is 0.495 e. The Kier molecular flexibility index (Phi) is 4.66. The van der Waals surface area contributed by atoms with E-state index in [-0.39, 0.29) is 12.3 Å². The fourth-order valence-corrected chi connectivity index (χ4v) is 3.65. The Morgan fingerprint density at radius 3 is 2.96 bits per heavy atom. The van der Waals surface area contributed by atoms with Gasteiger partial charge < -0.3 is 18.5 Å². The van der Waals surface area contributed by atoms with Crippen molar-refractivity contribution in [2.45, 2.75) is 26.2 Å². The van der Waals surface area contributed by atoms with Gasteiger partial charge in [0.25, 0.3) is 5.89 Å². The number of hydrogen-bond acceptors (Lipinski definition) is 5. The van der Waals surface area contributed by atoms with Crippen LogP contribution in [0.4, 0.5) is 5.69 Å². The van der Waals surface area contributed by atoms with E-state index in [1.165, 1.54) is 0 Å². The number of furan rings is 1. The van der Waals surface area contributed by atoms with Crippen LogP contribution in [0, 0.1) is 6.92 Å². The molecule has 140 valence electrons. The molecule has 0 saturated heterocycles.